The van der Waals surface area contributed by atoms with E-state index in [2.05, 4.69) is 5.32 Å². The van der Waals surface area contributed by atoms with Crippen molar-refractivity contribution in [1.82, 2.24) is 5.32 Å². The number of hydrogen-bond donors (Lipinski definition) is 2. The zero-order valence-corrected chi connectivity index (χ0v) is 5.50. The largest absolute Gasteiger partial charge is 0.480 e. The summed E-state index contributed by atoms with van der Waals surface area (Å²) in [6.07, 6.45) is 0.944. The smallest absolute Gasteiger partial charge is 0.325 e. The maximum absolute atomic E-state index is 10.6. The van der Waals surface area contributed by atoms with Gasteiger partial charge >= 0.3 is 5.97 Å². The molecule has 4 heteroatoms. The van der Waals surface area contributed by atoms with Crippen LogP contribution in [0.1, 0.15) is 8.29 Å². The second-order valence-corrected chi connectivity index (χ2v) is 1.74. The van der Waals surface area contributed by atoms with E-state index in [1.165, 1.54) is 6.92 Å². The molecule has 0 aromatic rings. The van der Waals surface area contributed by atoms with Crippen LogP contribution in [0.25, 0.3) is 0 Å². The quantitative estimate of drug-likeness (QED) is 0.537. The van der Waals surface area contributed by atoms with Crippen LogP contribution in [0.3, 0.4) is 0 Å². The van der Waals surface area contributed by atoms with Gasteiger partial charge in [0.25, 0.3) is 0 Å². The molecule has 0 heterocycles. The molecule has 10 heavy (non-hydrogen) atoms. The van der Waals surface area contributed by atoms with Gasteiger partial charge in [0.15, 0.2) is 0 Å². The van der Waals surface area contributed by atoms with Gasteiger partial charge in [-0.05, 0) is 13.0 Å². The second-order valence-electron chi connectivity index (χ2n) is 1.74. The fourth-order valence-corrected chi connectivity index (χ4v) is 0.323. The van der Waals surface area contributed by atoms with Crippen molar-refractivity contribution in [1.29, 1.82) is 0 Å². The van der Waals surface area contributed by atoms with Crippen LogP contribution in [0.15, 0.2) is 12.6 Å². The van der Waals surface area contributed by atoms with Crippen molar-refractivity contribution in [2.24, 2.45) is 0 Å². The number of carboxylic acid groups (broad SMARTS) is 1. The van der Waals surface area contributed by atoms with Gasteiger partial charge in [0.2, 0.25) is 5.91 Å². The minimum absolute atomic E-state index is 0.574. The first-order valence-electron chi connectivity index (χ1n) is 3.24. The van der Waals surface area contributed by atoms with E-state index in [0.717, 1.165) is 12.6 Å². The molecule has 0 aromatic heterocycles. The predicted molar refractivity (Wildman–Crippen MR) is 35.4 cm³/mol. The van der Waals surface area contributed by atoms with Gasteiger partial charge in [-0.3, -0.25) is 9.59 Å². The Kier molecular flexibility index (Phi) is 2.49. The third-order valence-electron chi connectivity index (χ3n) is 0.881. The van der Waals surface area contributed by atoms with E-state index in [1.54, 1.807) is 0 Å². The molecule has 0 aliphatic heterocycles. The topological polar surface area (TPSA) is 66.4 Å². The number of aliphatic carboxylic acids is 1. The summed E-state index contributed by atoms with van der Waals surface area (Å²) in [5, 5.41) is 10.4. The summed E-state index contributed by atoms with van der Waals surface area (Å²) >= 11 is 0. The van der Waals surface area contributed by atoms with Crippen molar-refractivity contribution in [3.63, 3.8) is 0 Å². The first-order valence-corrected chi connectivity index (χ1v) is 2.66. The van der Waals surface area contributed by atoms with E-state index in [-0.39, 0.29) is 0 Å². The van der Waals surface area contributed by atoms with Gasteiger partial charge < -0.3 is 10.4 Å². The summed E-state index contributed by atoms with van der Waals surface area (Å²) in [6.45, 7) is 2.14. The Morgan fingerprint density at radius 1 is 1.90 bits per heavy atom. The zero-order chi connectivity index (χ0) is 8.85. The molecule has 0 saturated heterocycles. The molecule has 0 bridgehead atoms. The second kappa shape index (κ2) is 3.66. The average molecular weight is 144 g/mol. The molecule has 0 saturated carbocycles. The lowest BCUT2D eigenvalue weighted by Crippen LogP contribution is -2.37. The molecular weight excluding hydrogens is 134 g/mol. The number of hydrogen-bond acceptors (Lipinski definition) is 2. The first kappa shape index (κ1) is 6.80. The lowest BCUT2D eigenvalue weighted by molar-refractivity contribution is -0.140. The number of rotatable bonds is 3. The molecule has 0 aliphatic rings. The number of nitrogens with one attached hydrogen (secondary N) is 1. The van der Waals surface area contributed by atoms with Gasteiger partial charge in [-0.2, -0.15) is 0 Å². The number of carboxylic acids is 1. The van der Waals surface area contributed by atoms with Gasteiger partial charge in [-0.15, -0.1) is 0 Å². The molecule has 0 fully saturated rings. The number of carbonyl (C=O) groups is 2. The summed E-state index contributed by atoms with van der Waals surface area (Å²) in [5.74, 6) is -1.67. The van der Waals surface area contributed by atoms with Crippen LogP contribution in [-0.2, 0) is 9.59 Å². The molecule has 0 spiro atoms. The summed E-state index contributed by atoms with van der Waals surface area (Å²) in [5.41, 5.74) is 0. The highest BCUT2D eigenvalue weighted by molar-refractivity contribution is 5.90. The van der Waals surface area contributed by atoms with E-state index in [0.29, 0.717) is 0 Å². The highest BCUT2D eigenvalue weighted by Crippen LogP contribution is 1.80. The molecule has 0 unspecified atom stereocenters. The van der Waals surface area contributed by atoms with Crippen LogP contribution in [0.4, 0.5) is 0 Å². The molecule has 4 nitrogen and oxygen atoms in total. The van der Waals surface area contributed by atoms with Crippen LogP contribution >= 0.6 is 0 Å². The Labute approximate surface area is 59.9 Å². The Balaban J connectivity index is 3.85. The molecule has 0 aliphatic carbocycles. The van der Waals surface area contributed by atoms with E-state index in [4.69, 9.17) is 6.48 Å². The van der Waals surface area contributed by atoms with Crippen LogP contribution in [0.2, 0.25) is 0 Å². The van der Waals surface area contributed by atoms with Crippen molar-refractivity contribution < 1.29 is 16.1 Å². The van der Waals surface area contributed by atoms with Gasteiger partial charge in [-0.25, -0.2) is 0 Å². The fraction of sp³-hybridized carbons (Fsp3) is 0.333. The molecule has 1 atom stereocenters. The highest BCUT2D eigenvalue weighted by atomic mass is 16.4. The Bertz CT molecular complexity index is 190. The summed E-state index contributed by atoms with van der Waals surface area (Å²) in [4.78, 5) is 20.7. The van der Waals surface area contributed by atoms with Crippen LogP contribution in [-0.4, -0.2) is 23.0 Å². The maximum Gasteiger partial charge on any atom is 0.325 e. The zero-order valence-electron chi connectivity index (χ0n) is 6.50. The molecule has 0 rings (SSSR count). The lowest BCUT2D eigenvalue weighted by Gasteiger charge is -2.04. The minimum atomic E-state index is -1.10. The van der Waals surface area contributed by atoms with E-state index in [1.807, 2.05) is 0 Å². The number of carbonyl (C=O) groups excluding carboxylic acids is 1. The fourth-order valence-electron chi connectivity index (χ4n) is 0.323. The van der Waals surface area contributed by atoms with E-state index in [9.17, 15) is 9.59 Å². The SMILES string of the molecule is [2H]C=CC(=O)N[C@@H](C)C(=O)O. The van der Waals surface area contributed by atoms with Gasteiger partial charge in [0.05, 0.1) is 1.37 Å². The first-order chi connectivity index (χ1) is 5.07. The Hall–Kier alpha value is -1.32. The Morgan fingerprint density at radius 3 is 2.90 bits per heavy atom. The van der Waals surface area contributed by atoms with Crippen molar-refractivity contribution in [2.75, 3.05) is 0 Å². The van der Waals surface area contributed by atoms with Crippen LogP contribution in [0, 0.1) is 0 Å². The van der Waals surface area contributed by atoms with Crippen molar-refractivity contribution >= 4 is 11.9 Å². The summed E-state index contributed by atoms with van der Waals surface area (Å²) < 4.78 is 6.50. The maximum atomic E-state index is 10.6. The number of amides is 1. The molecule has 0 radical (unpaired) electrons. The molecule has 2 N–H and O–H groups in total. The van der Waals surface area contributed by atoms with E-state index >= 15 is 0 Å². The molecule has 56 valence electrons. The average Bonchev–Trinajstić information content (AvgIpc) is 1.87. The van der Waals surface area contributed by atoms with Crippen molar-refractivity contribution in [3.05, 3.63) is 12.6 Å². The molecule has 1 amide bonds. The van der Waals surface area contributed by atoms with Gasteiger partial charge in [0.1, 0.15) is 6.04 Å². The van der Waals surface area contributed by atoms with Gasteiger partial charge in [-0.1, -0.05) is 6.55 Å². The summed E-state index contributed by atoms with van der Waals surface area (Å²) in [7, 11) is 0. The molecule has 0 aromatic carbocycles. The van der Waals surface area contributed by atoms with E-state index < -0.39 is 17.9 Å². The lowest BCUT2D eigenvalue weighted by atomic mass is 10.3. The predicted octanol–water partition coefficient (Wildman–Crippen LogP) is -0.238. The van der Waals surface area contributed by atoms with Crippen LogP contribution in [0.5, 0.6) is 0 Å². The van der Waals surface area contributed by atoms with Gasteiger partial charge in [0, 0.05) is 0 Å². The standard InChI is InChI=1S/C6H9NO3/c1-3-5(8)7-4(2)6(9)10/h3-4H,1H2,2H3,(H,7,8)(H,9,10)/t4-/m0/s1/i1D. The monoisotopic (exact) mass is 144 g/mol. The van der Waals surface area contributed by atoms with Crippen molar-refractivity contribution in [3.8, 4) is 0 Å². The third kappa shape index (κ3) is 2.86. The normalized spacial score (nSPS) is 14.3. The minimum Gasteiger partial charge on any atom is -0.480 e. The third-order valence-corrected chi connectivity index (χ3v) is 0.881. The molecular formula is C6H9NO3. The highest BCUT2D eigenvalue weighted by Gasteiger charge is 2.10. The Morgan fingerprint density at radius 2 is 2.50 bits per heavy atom. The van der Waals surface area contributed by atoms with Crippen LogP contribution < -0.4 is 5.32 Å². The van der Waals surface area contributed by atoms with Crippen molar-refractivity contribution in [2.45, 2.75) is 13.0 Å². The summed E-state index contributed by atoms with van der Waals surface area (Å²) in [6, 6.07) is -0.918.